The fourth-order valence-electron chi connectivity index (χ4n) is 4.08. The van der Waals surface area contributed by atoms with Gasteiger partial charge in [0.25, 0.3) is 0 Å². The van der Waals surface area contributed by atoms with Crippen molar-refractivity contribution >= 4 is 40.4 Å². The lowest BCUT2D eigenvalue weighted by molar-refractivity contribution is -0.127. The van der Waals surface area contributed by atoms with Crippen LogP contribution in [-0.4, -0.2) is 17.7 Å². The van der Waals surface area contributed by atoms with Crippen molar-refractivity contribution in [3.63, 3.8) is 0 Å². The van der Waals surface area contributed by atoms with E-state index >= 15 is 0 Å². The van der Waals surface area contributed by atoms with Crippen LogP contribution in [0.1, 0.15) is 42.3 Å². The van der Waals surface area contributed by atoms with Crippen molar-refractivity contribution in [3.05, 3.63) is 82.0 Å². The molecule has 1 aliphatic rings. The molecule has 4 rings (SSSR count). The molecule has 0 aliphatic carbocycles. The van der Waals surface area contributed by atoms with E-state index in [9.17, 15) is 14.4 Å². The molecular formula is C27H29N3O3S. The van der Waals surface area contributed by atoms with Crippen LogP contribution in [0.15, 0.2) is 66.0 Å². The molecule has 2 atom stereocenters. The first-order valence-corrected chi connectivity index (χ1v) is 12.3. The zero-order valence-electron chi connectivity index (χ0n) is 19.6. The molecule has 1 aromatic heterocycles. The molecular weight excluding hydrogens is 446 g/mol. The maximum Gasteiger partial charge on any atom is 0.228 e. The molecule has 3 amide bonds. The normalized spacial score (nSPS) is 17.8. The lowest BCUT2D eigenvalue weighted by Gasteiger charge is -2.27. The fourth-order valence-corrected chi connectivity index (χ4v) is 4.96. The number of aryl methyl sites for hydroxylation is 1. The summed E-state index contributed by atoms with van der Waals surface area (Å²) >= 11 is 1.56. The van der Waals surface area contributed by atoms with Gasteiger partial charge in [-0.15, -0.1) is 11.3 Å². The van der Waals surface area contributed by atoms with Crippen molar-refractivity contribution in [2.75, 3.05) is 10.2 Å². The first kappa shape index (κ1) is 23.7. The number of amides is 3. The SMILES string of the molecule is Cc1ccc(N2C(=O)CC(C(=O)NCc3ccc(NC(=O)C(C)C)cc3)C2c2cccs2)cc1. The number of hydrogen-bond acceptors (Lipinski definition) is 4. The fraction of sp³-hybridized carbons (Fsp3) is 0.296. The number of benzene rings is 2. The first-order valence-electron chi connectivity index (χ1n) is 11.4. The predicted octanol–water partition coefficient (Wildman–Crippen LogP) is 5.06. The van der Waals surface area contributed by atoms with Crippen LogP contribution in [0.2, 0.25) is 0 Å². The van der Waals surface area contributed by atoms with Gasteiger partial charge >= 0.3 is 0 Å². The van der Waals surface area contributed by atoms with Gasteiger partial charge in [0.15, 0.2) is 0 Å². The summed E-state index contributed by atoms with van der Waals surface area (Å²) in [6.45, 7) is 6.05. The minimum Gasteiger partial charge on any atom is -0.352 e. The molecule has 2 aromatic carbocycles. The van der Waals surface area contributed by atoms with E-state index in [4.69, 9.17) is 0 Å². The number of hydrogen-bond donors (Lipinski definition) is 2. The lowest BCUT2D eigenvalue weighted by atomic mass is 9.97. The van der Waals surface area contributed by atoms with Crippen molar-refractivity contribution in [2.24, 2.45) is 11.8 Å². The second-order valence-corrected chi connectivity index (χ2v) is 9.91. The molecule has 176 valence electrons. The number of thiophene rings is 1. The smallest absolute Gasteiger partial charge is 0.228 e. The van der Waals surface area contributed by atoms with Crippen molar-refractivity contribution < 1.29 is 14.4 Å². The Kier molecular flexibility index (Phi) is 7.12. The quantitative estimate of drug-likeness (QED) is 0.501. The third-order valence-corrected chi connectivity index (χ3v) is 6.96. The summed E-state index contributed by atoms with van der Waals surface area (Å²) in [5.41, 5.74) is 3.57. The van der Waals surface area contributed by atoms with E-state index < -0.39 is 5.92 Å². The summed E-state index contributed by atoms with van der Waals surface area (Å²) in [6, 6.07) is 18.9. The van der Waals surface area contributed by atoms with Gasteiger partial charge in [0, 0.05) is 35.1 Å². The molecule has 1 saturated heterocycles. The summed E-state index contributed by atoms with van der Waals surface area (Å²) in [7, 11) is 0. The van der Waals surface area contributed by atoms with Crippen LogP contribution in [0, 0.1) is 18.8 Å². The van der Waals surface area contributed by atoms with Crippen molar-refractivity contribution in [3.8, 4) is 0 Å². The molecule has 6 nitrogen and oxygen atoms in total. The monoisotopic (exact) mass is 475 g/mol. The largest absolute Gasteiger partial charge is 0.352 e. The molecule has 2 N–H and O–H groups in total. The van der Waals surface area contributed by atoms with Gasteiger partial charge in [-0.1, -0.05) is 49.7 Å². The van der Waals surface area contributed by atoms with Gasteiger partial charge in [0.1, 0.15) is 0 Å². The zero-order valence-corrected chi connectivity index (χ0v) is 20.4. The highest BCUT2D eigenvalue weighted by Crippen LogP contribution is 2.43. The second kappa shape index (κ2) is 10.2. The topological polar surface area (TPSA) is 78.5 Å². The van der Waals surface area contributed by atoms with Crippen molar-refractivity contribution in [1.29, 1.82) is 0 Å². The summed E-state index contributed by atoms with van der Waals surface area (Å²) in [6.07, 6.45) is 0.169. The van der Waals surface area contributed by atoms with E-state index in [0.29, 0.717) is 6.54 Å². The van der Waals surface area contributed by atoms with Gasteiger partial charge in [-0.3, -0.25) is 14.4 Å². The van der Waals surface area contributed by atoms with Gasteiger partial charge in [0.05, 0.1) is 12.0 Å². The van der Waals surface area contributed by atoms with Gasteiger partial charge in [0.2, 0.25) is 17.7 Å². The maximum absolute atomic E-state index is 13.2. The summed E-state index contributed by atoms with van der Waals surface area (Å²) in [4.78, 5) is 40.9. The van der Waals surface area contributed by atoms with E-state index in [1.807, 2.05) is 86.8 Å². The van der Waals surface area contributed by atoms with Gasteiger partial charge < -0.3 is 15.5 Å². The Morgan fingerprint density at radius 1 is 1.06 bits per heavy atom. The minimum absolute atomic E-state index is 0.0373. The standard InChI is InChI=1S/C27H29N3O3S/c1-17(2)26(32)29-20-10-8-19(9-11-20)16-28-27(33)22-15-24(31)30(21-12-6-18(3)7-13-21)25(22)23-5-4-14-34-23/h4-14,17,22,25H,15-16H2,1-3H3,(H,28,33)(H,29,32). The Labute approximate surface area is 204 Å². The number of carbonyl (C=O) groups is 3. The molecule has 0 bridgehead atoms. The van der Waals surface area contributed by atoms with Crippen LogP contribution >= 0.6 is 11.3 Å². The molecule has 2 unspecified atom stereocenters. The highest BCUT2D eigenvalue weighted by Gasteiger charge is 2.45. The van der Waals surface area contributed by atoms with Crippen LogP contribution in [0.5, 0.6) is 0 Å². The second-order valence-electron chi connectivity index (χ2n) is 8.93. The Morgan fingerprint density at radius 3 is 2.38 bits per heavy atom. The summed E-state index contributed by atoms with van der Waals surface area (Å²) in [5.74, 6) is -0.795. The summed E-state index contributed by atoms with van der Waals surface area (Å²) in [5, 5.41) is 7.84. The van der Waals surface area contributed by atoms with Crippen molar-refractivity contribution in [2.45, 2.75) is 39.8 Å². The van der Waals surface area contributed by atoms with E-state index in [0.717, 1.165) is 27.4 Å². The predicted molar refractivity (Wildman–Crippen MR) is 136 cm³/mol. The first-order chi connectivity index (χ1) is 16.3. The Hall–Kier alpha value is -3.45. The van der Waals surface area contributed by atoms with E-state index in [2.05, 4.69) is 10.6 Å². The third kappa shape index (κ3) is 5.20. The number of nitrogens with zero attached hydrogens (tertiary/aromatic N) is 1. The molecule has 0 radical (unpaired) electrons. The number of nitrogens with one attached hydrogen (secondary N) is 2. The van der Waals surface area contributed by atoms with E-state index in [1.54, 1.807) is 16.2 Å². The molecule has 0 saturated carbocycles. The molecule has 1 aliphatic heterocycles. The molecule has 0 spiro atoms. The lowest BCUT2D eigenvalue weighted by Crippen LogP contribution is -2.35. The van der Waals surface area contributed by atoms with Crippen LogP contribution in [0.25, 0.3) is 0 Å². The van der Waals surface area contributed by atoms with E-state index in [-0.39, 0.29) is 36.1 Å². The molecule has 1 fully saturated rings. The highest BCUT2D eigenvalue weighted by molar-refractivity contribution is 7.10. The van der Waals surface area contributed by atoms with Crippen molar-refractivity contribution in [1.82, 2.24) is 5.32 Å². The number of rotatable bonds is 7. The molecule has 34 heavy (non-hydrogen) atoms. The maximum atomic E-state index is 13.2. The molecule has 2 heterocycles. The minimum atomic E-state index is -0.475. The van der Waals surface area contributed by atoms with Crippen LogP contribution in [0.3, 0.4) is 0 Å². The third-order valence-electron chi connectivity index (χ3n) is 6.02. The highest BCUT2D eigenvalue weighted by atomic mass is 32.1. The van der Waals surface area contributed by atoms with Crippen LogP contribution in [0.4, 0.5) is 11.4 Å². The average Bonchev–Trinajstić information content (AvgIpc) is 3.46. The Bertz CT molecular complexity index is 1150. The summed E-state index contributed by atoms with van der Waals surface area (Å²) < 4.78 is 0. The molecule has 3 aromatic rings. The Balaban J connectivity index is 1.47. The van der Waals surface area contributed by atoms with Gasteiger partial charge in [-0.2, -0.15) is 0 Å². The van der Waals surface area contributed by atoms with E-state index in [1.165, 1.54) is 0 Å². The van der Waals surface area contributed by atoms with Gasteiger partial charge in [-0.25, -0.2) is 0 Å². The van der Waals surface area contributed by atoms with Crippen LogP contribution in [-0.2, 0) is 20.9 Å². The number of anilines is 2. The average molecular weight is 476 g/mol. The Morgan fingerprint density at radius 2 is 1.76 bits per heavy atom. The zero-order chi connectivity index (χ0) is 24.2. The number of carbonyl (C=O) groups excluding carboxylic acids is 3. The molecule has 7 heteroatoms. The van der Waals surface area contributed by atoms with Gasteiger partial charge in [-0.05, 0) is 48.2 Å². The van der Waals surface area contributed by atoms with Crippen LogP contribution < -0.4 is 15.5 Å².